The van der Waals surface area contributed by atoms with Gasteiger partial charge < -0.3 is 15.1 Å². The second-order valence-corrected chi connectivity index (χ2v) is 5.05. The highest BCUT2D eigenvalue weighted by Crippen LogP contribution is 2.26. The molecule has 1 saturated carbocycles. The highest BCUT2D eigenvalue weighted by atomic mass is 16.3. The third kappa shape index (κ3) is 3.47. The van der Waals surface area contributed by atoms with E-state index in [-0.39, 0.29) is 24.7 Å². The SMILES string of the molecule is O=C(Cc1ccccc1O)N(CCCO)C1CCC1. The number of aliphatic hydroxyl groups excluding tert-OH is 1. The molecule has 4 heteroatoms. The van der Waals surface area contributed by atoms with Crippen LogP contribution in [0.1, 0.15) is 31.2 Å². The van der Waals surface area contributed by atoms with E-state index in [4.69, 9.17) is 5.11 Å². The molecule has 0 spiro atoms. The fourth-order valence-corrected chi connectivity index (χ4v) is 2.38. The first-order valence-electron chi connectivity index (χ1n) is 6.89. The molecule has 1 fully saturated rings. The molecule has 1 aliphatic carbocycles. The molecule has 2 N–H and O–H groups in total. The molecule has 0 saturated heterocycles. The number of nitrogens with zero attached hydrogens (tertiary/aromatic N) is 1. The maximum Gasteiger partial charge on any atom is 0.227 e. The van der Waals surface area contributed by atoms with Crippen molar-refractivity contribution in [2.45, 2.75) is 38.1 Å². The largest absolute Gasteiger partial charge is 0.508 e. The second kappa shape index (κ2) is 6.57. The molecular weight excluding hydrogens is 242 g/mol. The molecule has 0 radical (unpaired) electrons. The van der Waals surface area contributed by atoms with Crippen molar-refractivity contribution in [2.75, 3.05) is 13.2 Å². The zero-order valence-corrected chi connectivity index (χ0v) is 11.1. The molecule has 0 bridgehead atoms. The van der Waals surface area contributed by atoms with E-state index in [1.807, 2.05) is 11.0 Å². The Labute approximate surface area is 113 Å². The van der Waals surface area contributed by atoms with Crippen LogP contribution in [0.3, 0.4) is 0 Å². The lowest BCUT2D eigenvalue weighted by Gasteiger charge is -2.37. The minimum atomic E-state index is 0.0413. The minimum absolute atomic E-state index is 0.0413. The first-order valence-corrected chi connectivity index (χ1v) is 6.89. The van der Waals surface area contributed by atoms with Crippen molar-refractivity contribution in [1.29, 1.82) is 0 Å². The Kier molecular flexibility index (Phi) is 4.80. The van der Waals surface area contributed by atoms with Gasteiger partial charge in [-0.25, -0.2) is 0 Å². The molecule has 0 aromatic heterocycles. The summed E-state index contributed by atoms with van der Waals surface area (Å²) < 4.78 is 0. The topological polar surface area (TPSA) is 60.8 Å². The molecule has 0 atom stereocenters. The number of carbonyl (C=O) groups is 1. The molecule has 0 unspecified atom stereocenters. The van der Waals surface area contributed by atoms with E-state index in [1.54, 1.807) is 18.2 Å². The number of carbonyl (C=O) groups excluding carboxylic acids is 1. The number of benzene rings is 1. The van der Waals surface area contributed by atoms with Crippen molar-refractivity contribution in [3.63, 3.8) is 0 Å². The van der Waals surface area contributed by atoms with Gasteiger partial charge in [-0.2, -0.15) is 0 Å². The highest BCUT2D eigenvalue weighted by Gasteiger charge is 2.28. The van der Waals surface area contributed by atoms with Gasteiger partial charge in [0.05, 0.1) is 6.42 Å². The normalized spacial score (nSPS) is 15.0. The molecule has 1 amide bonds. The third-order valence-electron chi connectivity index (χ3n) is 3.73. The van der Waals surface area contributed by atoms with Gasteiger partial charge in [0.1, 0.15) is 5.75 Å². The van der Waals surface area contributed by atoms with Crippen LogP contribution in [-0.2, 0) is 11.2 Å². The maximum absolute atomic E-state index is 12.3. The summed E-state index contributed by atoms with van der Waals surface area (Å²) in [6.45, 7) is 0.709. The van der Waals surface area contributed by atoms with Gasteiger partial charge in [0, 0.05) is 24.8 Å². The van der Waals surface area contributed by atoms with Crippen molar-refractivity contribution >= 4 is 5.91 Å². The predicted molar refractivity (Wildman–Crippen MR) is 72.9 cm³/mol. The van der Waals surface area contributed by atoms with Crippen molar-refractivity contribution in [3.8, 4) is 5.75 Å². The van der Waals surface area contributed by atoms with Gasteiger partial charge in [-0.05, 0) is 31.7 Å². The molecule has 1 aliphatic rings. The van der Waals surface area contributed by atoms with Crippen LogP contribution in [0, 0.1) is 0 Å². The minimum Gasteiger partial charge on any atom is -0.508 e. The zero-order valence-electron chi connectivity index (χ0n) is 11.1. The molecule has 0 heterocycles. The lowest BCUT2D eigenvalue weighted by Crippen LogP contribution is -2.45. The first kappa shape index (κ1) is 13.9. The number of phenols is 1. The Morgan fingerprint density at radius 3 is 2.63 bits per heavy atom. The van der Waals surface area contributed by atoms with Gasteiger partial charge in [-0.1, -0.05) is 18.2 Å². The fraction of sp³-hybridized carbons (Fsp3) is 0.533. The number of hydrogen-bond acceptors (Lipinski definition) is 3. The van der Waals surface area contributed by atoms with Crippen LogP contribution in [0.15, 0.2) is 24.3 Å². The van der Waals surface area contributed by atoms with Crippen molar-refractivity contribution in [3.05, 3.63) is 29.8 Å². The Morgan fingerprint density at radius 2 is 2.05 bits per heavy atom. The second-order valence-electron chi connectivity index (χ2n) is 5.05. The van der Waals surface area contributed by atoms with Crippen molar-refractivity contribution < 1.29 is 15.0 Å². The molecule has 4 nitrogen and oxygen atoms in total. The van der Waals surface area contributed by atoms with Gasteiger partial charge in [0.2, 0.25) is 5.91 Å². The average molecular weight is 263 g/mol. The van der Waals surface area contributed by atoms with Crippen LogP contribution in [-0.4, -0.2) is 40.2 Å². The average Bonchev–Trinajstić information content (AvgIpc) is 2.34. The van der Waals surface area contributed by atoms with Crippen LogP contribution in [0.5, 0.6) is 5.75 Å². The molecule has 19 heavy (non-hydrogen) atoms. The van der Waals surface area contributed by atoms with Gasteiger partial charge in [0.25, 0.3) is 0 Å². The Bertz CT molecular complexity index is 429. The lowest BCUT2D eigenvalue weighted by atomic mass is 9.91. The predicted octanol–water partition coefficient (Wildman–Crippen LogP) is 1.70. The fourth-order valence-electron chi connectivity index (χ4n) is 2.38. The van der Waals surface area contributed by atoms with E-state index in [2.05, 4.69) is 0 Å². The van der Waals surface area contributed by atoms with Gasteiger partial charge >= 0.3 is 0 Å². The quantitative estimate of drug-likeness (QED) is 0.821. The summed E-state index contributed by atoms with van der Waals surface area (Å²) in [5.74, 6) is 0.214. The number of aromatic hydroxyl groups is 1. The lowest BCUT2D eigenvalue weighted by molar-refractivity contribution is -0.134. The molecule has 2 rings (SSSR count). The van der Waals surface area contributed by atoms with E-state index in [0.29, 0.717) is 24.6 Å². The summed E-state index contributed by atoms with van der Waals surface area (Å²) in [7, 11) is 0. The number of para-hydroxylation sites is 1. The number of hydrogen-bond donors (Lipinski definition) is 2. The molecule has 104 valence electrons. The van der Waals surface area contributed by atoms with Crippen LogP contribution >= 0.6 is 0 Å². The standard InChI is InChI=1S/C15H21NO3/c17-10-4-9-16(13-6-3-7-13)15(19)11-12-5-1-2-8-14(12)18/h1-2,5,8,13,17-18H,3-4,6-7,9-11H2. The Hall–Kier alpha value is -1.55. The molecular formula is C15H21NO3. The summed E-state index contributed by atoms with van der Waals surface area (Å²) in [4.78, 5) is 14.2. The summed E-state index contributed by atoms with van der Waals surface area (Å²) in [5, 5.41) is 18.6. The van der Waals surface area contributed by atoms with Crippen molar-refractivity contribution in [1.82, 2.24) is 4.90 Å². The smallest absolute Gasteiger partial charge is 0.227 e. The molecule has 0 aliphatic heterocycles. The third-order valence-corrected chi connectivity index (χ3v) is 3.73. The van der Waals surface area contributed by atoms with Crippen LogP contribution in [0.2, 0.25) is 0 Å². The van der Waals surface area contributed by atoms with E-state index in [0.717, 1.165) is 12.8 Å². The zero-order chi connectivity index (χ0) is 13.7. The van der Waals surface area contributed by atoms with Crippen LogP contribution in [0.25, 0.3) is 0 Å². The first-order chi connectivity index (χ1) is 9.22. The van der Waals surface area contributed by atoms with E-state index in [1.165, 1.54) is 6.42 Å². The Morgan fingerprint density at radius 1 is 1.32 bits per heavy atom. The molecule has 1 aromatic rings. The number of phenolic OH excluding ortho intramolecular Hbond substituents is 1. The summed E-state index contributed by atoms with van der Waals surface area (Å²) in [5.41, 5.74) is 0.667. The summed E-state index contributed by atoms with van der Waals surface area (Å²) in [6, 6.07) is 7.27. The van der Waals surface area contributed by atoms with Crippen LogP contribution < -0.4 is 0 Å². The van der Waals surface area contributed by atoms with Gasteiger partial charge in [-0.15, -0.1) is 0 Å². The van der Waals surface area contributed by atoms with Gasteiger partial charge in [0.15, 0.2) is 0 Å². The Balaban J connectivity index is 2.00. The van der Waals surface area contributed by atoms with E-state index in [9.17, 15) is 9.90 Å². The molecule has 1 aromatic carbocycles. The van der Waals surface area contributed by atoms with Crippen LogP contribution in [0.4, 0.5) is 0 Å². The van der Waals surface area contributed by atoms with Gasteiger partial charge in [-0.3, -0.25) is 4.79 Å². The number of amides is 1. The monoisotopic (exact) mass is 263 g/mol. The van der Waals surface area contributed by atoms with E-state index < -0.39 is 0 Å². The number of rotatable bonds is 6. The number of aliphatic hydroxyl groups is 1. The highest BCUT2D eigenvalue weighted by molar-refractivity contribution is 5.79. The van der Waals surface area contributed by atoms with E-state index >= 15 is 0 Å². The summed E-state index contributed by atoms with van der Waals surface area (Å²) >= 11 is 0. The summed E-state index contributed by atoms with van der Waals surface area (Å²) in [6.07, 6.45) is 4.12. The maximum atomic E-state index is 12.3. The van der Waals surface area contributed by atoms with Crippen molar-refractivity contribution in [2.24, 2.45) is 0 Å².